The van der Waals surface area contributed by atoms with Gasteiger partial charge < -0.3 is 5.32 Å². The first-order valence-corrected chi connectivity index (χ1v) is 8.09. The van der Waals surface area contributed by atoms with Crippen LogP contribution in [-0.4, -0.2) is 40.0 Å². The number of aromatic nitrogens is 2. The number of hydrogen-bond acceptors (Lipinski definition) is 4. The van der Waals surface area contributed by atoms with E-state index in [0.717, 1.165) is 42.8 Å². The third-order valence-electron chi connectivity index (χ3n) is 4.00. The van der Waals surface area contributed by atoms with Gasteiger partial charge in [-0.25, -0.2) is 4.98 Å². The minimum absolute atomic E-state index is 0.0306. The molecular formula is C15H19BrN4O. The zero-order chi connectivity index (χ0) is 14.8. The molecule has 0 aliphatic carbocycles. The first kappa shape index (κ1) is 14.7. The van der Waals surface area contributed by atoms with Crippen LogP contribution in [0.2, 0.25) is 0 Å². The molecule has 0 radical (unpaired) electrons. The fourth-order valence-corrected chi connectivity index (χ4v) is 3.20. The normalized spacial score (nSPS) is 18.7. The van der Waals surface area contributed by atoms with Gasteiger partial charge in [0.25, 0.3) is 5.56 Å². The smallest absolute Gasteiger partial charge is 0.258 e. The summed E-state index contributed by atoms with van der Waals surface area (Å²) in [6.45, 7) is 5.94. The van der Waals surface area contributed by atoms with E-state index in [-0.39, 0.29) is 5.56 Å². The summed E-state index contributed by atoms with van der Waals surface area (Å²) in [5.74, 6) is 0. The Hall–Kier alpha value is -1.24. The molecule has 0 spiro atoms. The predicted octanol–water partition coefficient (Wildman–Crippen LogP) is 1.64. The van der Waals surface area contributed by atoms with Crippen molar-refractivity contribution in [1.82, 2.24) is 19.6 Å². The van der Waals surface area contributed by atoms with Crippen molar-refractivity contribution in [3.05, 3.63) is 44.9 Å². The lowest BCUT2D eigenvalue weighted by atomic mass is 10.2. The van der Waals surface area contributed by atoms with Crippen LogP contribution in [0.4, 0.5) is 0 Å². The summed E-state index contributed by atoms with van der Waals surface area (Å²) in [4.78, 5) is 19.2. The van der Waals surface area contributed by atoms with Gasteiger partial charge in [-0.3, -0.25) is 14.1 Å². The van der Waals surface area contributed by atoms with Crippen molar-refractivity contribution in [2.45, 2.75) is 25.9 Å². The van der Waals surface area contributed by atoms with E-state index in [9.17, 15) is 4.79 Å². The second-order valence-electron chi connectivity index (χ2n) is 5.37. The third-order valence-corrected chi connectivity index (χ3v) is 4.47. The second-order valence-corrected chi connectivity index (χ2v) is 6.29. The largest absolute Gasteiger partial charge is 0.315 e. The highest BCUT2D eigenvalue weighted by atomic mass is 79.9. The Balaban J connectivity index is 1.89. The van der Waals surface area contributed by atoms with Crippen LogP contribution in [-0.2, 0) is 6.54 Å². The summed E-state index contributed by atoms with van der Waals surface area (Å²) in [5.41, 5.74) is 1.51. The average molecular weight is 351 g/mol. The van der Waals surface area contributed by atoms with Gasteiger partial charge in [0.2, 0.25) is 0 Å². The van der Waals surface area contributed by atoms with E-state index in [1.807, 2.05) is 12.1 Å². The van der Waals surface area contributed by atoms with Crippen LogP contribution >= 0.6 is 15.9 Å². The third kappa shape index (κ3) is 3.17. The van der Waals surface area contributed by atoms with Crippen molar-refractivity contribution in [1.29, 1.82) is 0 Å². The van der Waals surface area contributed by atoms with Crippen molar-refractivity contribution >= 4 is 21.6 Å². The number of likely N-dealkylation sites (N-methyl/N-ethyl adjacent to an activating group) is 1. The molecule has 1 unspecified atom stereocenters. The van der Waals surface area contributed by atoms with E-state index in [2.05, 4.69) is 38.1 Å². The summed E-state index contributed by atoms with van der Waals surface area (Å²) in [6.07, 6.45) is 2.92. The molecule has 0 saturated carbocycles. The Kier molecular flexibility index (Phi) is 4.37. The minimum atomic E-state index is -0.0306. The molecule has 112 valence electrons. The lowest BCUT2D eigenvalue weighted by Gasteiger charge is -2.26. The first-order valence-electron chi connectivity index (χ1n) is 7.30. The van der Waals surface area contributed by atoms with Crippen molar-refractivity contribution in [2.24, 2.45) is 0 Å². The lowest BCUT2D eigenvalue weighted by molar-refractivity contribution is 0.208. The van der Waals surface area contributed by atoms with Gasteiger partial charge in [-0.2, -0.15) is 0 Å². The van der Waals surface area contributed by atoms with Crippen molar-refractivity contribution in [2.75, 3.05) is 19.6 Å². The maximum Gasteiger partial charge on any atom is 0.258 e. The highest BCUT2D eigenvalue weighted by Crippen LogP contribution is 2.13. The number of hydrogen-bond donors (Lipinski definition) is 1. The monoisotopic (exact) mass is 350 g/mol. The molecule has 1 aliphatic rings. The number of fused-ring (bicyclic) bond motifs is 1. The number of halogens is 1. The molecular weight excluding hydrogens is 332 g/mol. The predicted molar refractivity (Wildman–Crippen MR) is 86.5 cm³/mol. The van der Waals surface area contributed by atoms with Crippen molar-refractivity contribution < 1.29 is 0 Å². The average Bonchev–Trinajstić information content (AvgIpc) is 2.99. The summed E-state index contributed by atoms with van der Waals surface area (Å²) < 4.78 is 2.44. The molecule has 1 saturated heterocycles. The van der Waals surface area contributed by atoms with Crippen molar-refractivity contribution in [3.8, 4) is 0 Å². The molecule has 1 fully saturated rings. The fourth-order valence-electron chi connectivity index (χ4n) is 2.87. The molecule has 1 N–H and O–H groups in total. The van der Waals surface area contributed by atoms with Gasteiger partial charge in [0.1, 0.15) is 5.65 Å². The van der Waals surface area contributed by atoms with Crippen LogP contribution in [0.1, 0.15) is 19.0 Å². The Morgan fingerprint density at radius 2 is 2.38 bits per heavy atom. The van der Waals surface area contributed by atoms with Crippen LogP contribution < -0.4 is 10.9 Å². The second kappa shape index (κ2) is 6.25. The molecule has 3 heterocycles. The Morgan fingerprint density at radius 1 is 1.52 bits per heavy atom. The van der Waals surface area contributed by atoms with Gasteiger partial charge in [-0.1, -0.05) is 6.92 Å². The van der Waals surface area contributed by atoms with E-state index in [1.54, 1.807) is 16.7 Å². The van der Waals surface area contributed by atoms with Gasteiger partial charge in [-0.15, -0.1) is 0 Å². The van der Waals surface area contributed by atoms with Crippen molar-refractivity contribution in [3.63, 3.8) is 0 Å². The van der Waals surface area contributed by atoms with Gasteiger partial charge >= 0.3 is 0 Å². The molecule has 1 atom stereocenters. The van der Waals surface area contributed by atoms with Crippen LogP contribution in [0.15, 0.2) is 33.7 Å². The van der Waals surface area contributed by atoms with E-state index in [1.165, 1.54) is 0 Å². The molecule has 1 aliphatic heterocycles. The number of pyridine rings is 1. The molecule has 6 heteroatoms. The van der Waals surface area contributed by atoms with E-state index >= 15 is 0 Å². The highest BCUT2D eigenvalue weighted by Gasteiger charge is 2.21. The van der Waals surface area contributed by atoms with E-state index in [4.69, 9.17) is 0 Å². The molecule has 2 aromatic rings. The Bertz CT molecular complexity index is 694. The summed E-state index contributed by atoms with van der Waals surface area (Å²) >= 11 is 3.38. The fraction of sp³-hybridized carbons (Fsp3) is 0.467. The summed E-state index contributed by atoms with van der Waals surface area (Å²) in [7, 11) is 0. The molecule has 0 amide bonds. The molecule has 0 bridgehead atoms. The van der Waals surface area contributed by atoms with Gasteiger partial charge in [0.05, 0.1) is 5.69 Å². The van der Waals surface area contributed by atoms with Gasteiger partial charge in [0, 0.05) is 35.9 Å². The number of nitrogens with one attached hydrogen (secondary N) is 1. The maximum absolute atomic E-state index is 12.2. The Labute approximate surface area is 132 Å². The molecule has 3 rings (SSSR count). The Morgan fingerprint density at radius 3 is 3.10 bits per heavy atom. The lowest BCUT2D eigenvalue weighted by Crippen LogP contribution is -2.36. The van der Waals surface area contributed by atoms with Gasteiger partial charge in [-0.05, 0) is 47.6 Å². The molecule has 21 heavy (non-hydrogen) atoms. The van der Waals surface area contributed by atoms with E-state index < -0.39 is 0 Å². The first-order chi connectivity index (χ1) is 10.2. The minimum Gasteiger partial charge on any atom is -0.315 e. The van der Waals surface area contributed by atoms with Crippen LogP contribution in [0.25, 0.3) is 5.65 Å². The standard InChI is InChI=1S/C15H19BrN4O/c1-2-19(13-5-6-17-8-13)10-12-7-15(21)20-9-11(16)3-4-14(20)18-12/h3-4,7,9,13,17H,2,5-6,8,10H2,1H3. The molecule has 0 aromatic carbocycles. The zero-order valence-corrected chi connectivity index (χ0v) is 13.6. The zero-order valence-electron chi connectivity index (χ0n) is 12.1. The number of nitrogens with zero attached hydrogens (tertiary/aromatic N) is 3. The van der Waals surface area contributed by atoms with Crippen LogP contribution in [0, 0.1) is 0 Å². The van der Waals surface area contributed by atoms with Crippen LogP contribution in [0.3, 0.4) is 0 Å². The highest BCUT2D eigenvalue weighted by molar-refractivity contribution is 9.10. The quantitative estimate of drug-likeness (QED) is 0.910. The van der Waals surface area contributed by atoms with E-state index in [0.29, 0.717) is 11.7 Å². The maximum atomic E-state index is 12.2. The topological polar surface area (TPSA) is 49.6 Å². The summed E-state index contributed by atoms with van der Waals surface area (Å²) in [6, 6.07) is 5.96. The molecule has 5 nitrogen and oxygen atoms in total. The summed E-state index contributed by atoms with van der Waals surface area (Å²) in [5, 5.41) is 3.39. The SMILES string of the molecule is CCN(Cc1cc(=O)n2cc(Br)ccc2n1)C1CCNC1. The van der Waals surface area contributed by atoms with Gasteiger partial charge in [0.15, 0.2) is 0 Å². The molecule has 2 aromatic heterocycles. The number of rotatable bonds is 4. The van der Waals surface area contributed by atoms with Crippen LogP contribution in [0.5, 0.6) is 0 Å².